The van der Waals surface area contributed by atoms with Gasteiger partial charge in [0, 0.05) is 34.2 Å². The first-order valence-electron chi connectivity index (χ1n) is 12.7. The number of anilines is 2. The Morgan fingerprint density at radius 1 is 0.950 bits per heavy atom. The van der Waals surface area contributed by atoms with E-state index in [-0.39, 0.29) is 22.4 Å². The number of aryl methyl sites for hydroxylation is 1. The molecule has 6 nitrogen and oxygen atoms in total. The summed E-state index contributed by atoms with van der Waals surface area (Å²) in [4.78, 5) is 16.2. The summed E-state index contributed by atoms with van der Waals surface area (Å²) in [6, 6.07) is 20.3. The number of alkyl halides is 3. The quantitative estimate of drug-likeness (QED) is 0.234. The van der Waals surface area contributed by atoms with E-state index in [1.54, 1.807) is 6.08 Å². The Hall–Kier alpha value is -4.31. The Bertz CT molecular complexity index is 1740. The smallest absolute Gasteiger partial charge is 0.359 e. The molecule has 1 amide bonds. The van der Waals surface area contributed by atoms with Crippen LogP contribution in [-0.2, 0) is 27.4 Å². The van der Waals surface area contributed by atoms with E-state index in [2.05, 4.69) is 33.2 Å². The molecular formula is C30H24F3N3O3S. The van der Waals surface area contributed by atoms with Crippen molar-refractivity contribution in [1.29, 1.82) is 0 Å². The Morgan fingerprint density at radius 3 is 2.42 bits per heavy atom. The zero-order chi connectivity index (χ0) is 28.1. The lowest BCUT2D eigenvalue weighted by atomic mass is 9.82. The number of halogens is 3. The van der Waals surface area contributed by atoms with Gasteiger partial charge < -0.3 is 10.3 Å². The predicted molar refractivity (Wildman–Crippen MR) is 147 cm³/mol. The minimum absolute atomic E-state index is 0.0107. The number of amides is 1. The summed E-state index contributed by atoms with van der Waals surface area (Å²) >= 11 is 0. The van der Waals surface area contributed by atoms with Gasteiger partial charge in [0.05, 0.1) is 16.0 Å². The fourth-order valence-corrected chi connectivity index (χ4v) is 6.46. The van der Waals surface area contributed by atoms with Crippen molar-refractivity contribution in [1.82, 2.24) is 4.98 Å². The lowest BCUT2D eigenvalue weighted by Crippen LogP contribution is -2.13. The van der Waals surface area contributed by atoms with Crippen LogP contribution in [0.5, 0.6) is 0 Å². The average Bonchev–Trinajstić information content (AvgIpc) is 3.48. The van der Waals surface area contributed by atoms with Gasteiger partial charge in [0.1, 0.15) is 0 Å². The zero-order valence-electron chi connectivity index (χ0n) is 21.0. The molecule has 0 spiro atoms. The fraction of sp³-hybridized carbons (Fsp3) is 0.167. The van der Waals surface area contributed by atoms with Crippen molar-refractivity contribution in [3.8, 4) is 0 Å². The molecule has 3 aromatic carbocycles. The van der Waals surface area contributed by atoms with E-state index in [0.29, 0.717) is 16.8 Å². The first-order valence-corrected chi connectivity index (χ1v) is 14.2. The van der Waals surface area contributed by atoms with Gasteiger partial charge in [-0.05, 0) is 85.0 Å². The summed E-state index contributed by atoms with van der Waals surface area (Å²) in [5, 5.41) is 2.77. The summed E-state index contributed by atoms with van der Waals surface area (Å²) in [6.45, 7) is 0. The van der Waals surface area contributed by atoms with Gasteiger partial charge in [0.15, 0.2) is 0 Å². The molecule has 0 fully saturated rings. The van der Waals surface area contributed by atoms with E-state index in [4.69, 9.17) is 0 Å². The van der Waals surface area contributed by atoms with Crippen LogP contribution >= 0.6 is 0 Å². The Kier molecular flexibility index (Phi) is 6.29. The molecule has 6 rings (SSSR count). The molecule has 2 aliphatic rings. The zero-order valence-corrected chi connectivity index (χ0v) is 21.9. The van der Waals surface area contributed by atoms with Crippen molar-refractivity contribution in [2.75, 3.05) is 10.0 Å². The maximum Gasteiger partial charge on any atom is 0.416 e. The highest BCUT2D eigenvalue weighted by Crippen LogP contribution is 2.39. The van der Waals surface area contributed by atoms with E-state index < -0.39 is 21.8 Å². The third kappa shape index (κ3) is 4.90. The van der Waals surface area contributed by atoms with Crippen LogP contribution in [0.15, 0.2) is 83.8 Å². The van der Waals surface area contributed by atoms with Gasteiger partial charge in [-0.25, -0.2) is 8.42 Å². The minimum atomic E-state index is -4.53. The topological polar surface area (TPSA) is 91.1 Å². The monoisotopic (exact) mass is 563 g/mol. The van der Waals surface area contributed by atoms with Crippen LogP contribution in [0.3, 0.4) is 0 Å². The highest BCUT2D eigenvalue weighted by atomic mass is 32.2. The van der Waals surface area contributed by atoms with Crippen LogP contribution in [0, 0.1) is 0 Å². The Balaban J connectivity index is 1.30. The van der Waals surface area contributed by atoms with Gasteiger partial charge in [0.2, 0.25) is 0 Å². The van der Waals surface area contributed by atoms with Gasteiger partial charge in [-0.1, -0.05) is 30.3 Å². The maximum absolute atomic E-state index is 13.1. The van der Waals surface area contributed by atoms with Gasteiger partial charge in [-0.15, -0.1) is 0 Å². The second-order valence-corrected chi connectivity index (χ2v) is 11.6. The van der Waals surface area contributed by atoms with Gasteiger partial charge in [0.25, 0.3) is 15.9 Å². The third-order valence-corrected chi connectivity index (χ3v) is 8.68. The molecule has 0 saturated heterocycles. The lowest BCUT2D eigenvalue weighted by Gasteiger charge is -2.22. The largest absolute Gasteiger partial charge is 0.416 e. The van der Waals surface area contributed by atoms with Crippen LogP contribution < -0.4 is 10.0 Å². The number of fused-ring (bicyclic) bond motifs is 2. The molecule has 3 N–H and O–H groups in total. The second-order valence-electron chi connectivity index (χ2n) is 9.91. The van der Waals surface area contributed by atoms with Gasteiger partial charge >= 0.3 is 6.18 Å². The van der Waals surface area contributed by atoms with Crippen molar-refractivity contribution < 1.29 is 26.4 Å². The van der Waals surface area contributed by atoms with Gasteiger partial charge in [-0.3, -0.25) is 9.52 Å². The van der Waals surface area contributed by atoms with Crippen molar-refractivity contribution in [3.63, 3.8) is 0 Å². The molecule has 1 aliphatic heterocycles. The summed E-state index contributed by atoms with van der Waals surface area (Å²) in [5.41, 5.74) is 4.63. The molecule has 40 heavy (non-hydrogen) atoms. The molecule has 0 radical (unpaired) electrons. The first kappa shape index (κ1) is 25.9. The van der Waals surface area contributed by atoms with Crippen molar-refractivity contribution in [3.05, 3.63) is 113 Å². The number of carbonyl (C=O) groups is 1. The Labute approximate surface area is 229 Å². The normalized spacial score (nSPS) is 17.8. The number of benzene rings is 3. The van der Waals surface area contributed by atoms with Crippen molar-refractivity contribution in [2.24, 2.45) is 0 Å². The number of hydrogen-bond donors (Lipinski definition) is 3. The molecule has 1 atom stereocenters. The van der Waals surface area contributed by atoms with Crippen LogP contribution in [0.1, 0.15) is 52.4 Å². The molecule has 10 heteroatoms. The third-order valence-electron chi connectivity index (χ3n) is 7.30. The fourth-order valence-electron chi connectivity index (χ4n) is 5.38. The number of hydrogen-bond acceptors (Lipinski definition) is 3. The molecule has 1 unspecified atom stereocenters. The molecule has 204 valence electrons. The summed E-state index contributed by atoms with van der Waals surface area (Å²) in [7, 11) is -4.14. The van der Waals surface area contributed by atoms with E-state index in [1.807, 2.05) is 18.2 Å². The van der Waals surface area contributed by atoms with E-state index >= 15 is 0 Å². The maximum atomic E-state index is 13.1. The molecule has 1 aromatic heterocycles. The van der Waals surface area contributed by atoms with E-state index in [1.165, 1.54) is 29.3 Å². The van der Waals surface area contributed by atoms with E-state index in [0.717, 1.165) is 54.9 Å². The molecule has 0 bridgehead atoms. The van der Waals surface area contributed by atoms with Crippen molar-refractivity contribution >= 4 is 39.0 Å². The number of aromatic nitrogens is 1. The highest BCUT2D eigenvalue weighted by molar-refractivity contribution is 7.92. The lowest BCUT2D eigenvalue weighted by molar-refractivity contribution is -0.137. The number of aromatic amines is 1. The van der Waals surface area contributed by atoms with Crippen LogP contribution in [0.25, 0.3) is 11.6 Å². The summed E-state index contributed by atoms with van der Waals surface area (Å²) < 4.78 is 67.0. The molecule has 2 heterocycles. The number of sulfonamides is 1. The van der Waals surface area contributed by atoms with Gasteiger partial charge in [-0.2, -0.15) is 13.2 Å². The molecule has 1 aliphatic carbocycles. The number of rotatable bonds is 5. The van der Waals surface area contributed by atoms with Crippen LogP contribution in [0.2, 0.25) is 0 Å². The number of nitrogens with one attached hydrogen (secondary N) is 3. The van der Waals surface area contributed by atoms with Crippen LogP contribution in [-0.4, -0.2) is 19.3 Å². The number of carbonyl (C=O) groups excluding carboxylic acids is 1. The predicted octanol–water partition coefficient (Wildman–Crippen LogP) is 6.80. The minimum Gasteiger partial charge on any atom is -0.359 e. The molecule has 0 saturated carbocycles. The van der Waals surface area contributed by atoms with E-state index in [9.17, 15) is 26.4 Å². The number of H-pyrrole nitrogens is 1. The summed E-state index contributed by atoms with van der Waals surface area (Å²) in [6.07, 6.45) is 0.172. The SMILES string of the molecule is O=C1Nc2ccc(S(=O)(=O)Nc3ccc(C(F)(F)F)cc3)cc2C1=Cc1cc2c([nH]1)CCCC2c1ccccc1. The first-order chi connectivity index (χ1) is 19.1. The van der Waals surface area contributed by atoms with Crippen LogP contribution in [0.4, 0.5) is 24.5 Å². The summed E-state index contributed by atoms with van der Waals surface area (Å²) in [5.74, 6) is -0.0986. The Morgan fingerprint density at radius 2 is 1.70 bits per heavy atom. The second kappa shape index (κ2) is 9.71. The standard InChI is InChI=1S/C30H24F3N3O3S/c31-30(32,33)19-9-11-20(12-10-19)36-40(38,39)22-13-14-28-25(17-22)26(29(37)35-28)16-21-15-24-23(7-4-8-27(24)34-21)18-5-2-1-3-6-18/h1-3,5-6,9-17,23,34,36H,4,7-8H2,(H,35,37). The molecule has 4 aromatic rings. The molecular weight excluding hydrogens is 539 g/mol. The average molecular weight is 564 g/mol. The highest BCUT2D eigenvalue weighted by Gasteiger charge is 2.31. The van der Waals surface area contributed by atoms with Crippen molar-refractivity contribution in [2.45, 2.75) is 36.3 Å².